The average Bonchev–Trinajstić information content (AvgIpc) is 2.48. The molecule has 1 aromatic rings. The zero-order chi connectivity index (χ0) is 12.9. The molecule has 3 rings (SSSR count). The molecule has 1 aromatic heterocycles. The smallest absolute Gasteiger partial charge is 0.288 e. The maximum absolute atomic E-state index is 12.1. The van der Waals surface area contributed by atoms with Crippen molar-refractivity contribution in [1.29, 1.82) is 0 Å². The molecule has 0 spiro atoms. The Labute approximate surface area is 110 Å². The summed E-state index contributed by atoms with van der Waals surface area (Å²) in [7, 11) is -3.56. The minimum atomic E-state index is -3.56. The van der Waals surface area contributed by atoms with Crippen LogP contribution in [0.25, 0.3) is 0 Å². The first-order valence-corrected chi connectivity index (χ1v) is 8.21. The van der Waals surface area contributed by atoms with E-state index in [1.807, 2.05) is 13.8 Å². The van der Waals surface area contributed by atoms with E-state index in [-0.39, 0.29) is 0 Å². The summed E-state index contributed by atoms with van der Waals surface area (Å²) in [4.78, 5) is 1.35. The summed E-state index contributed by atoms with van der Waals surface area (Å²) in [6.07, 6.45) is 3.35. The van der Waals surface area contributed by atoms with Gasteiger partial charge in [-0.3, -0.25) is 0 Å². The van der Waals surface area contributed by atoms with Crippen molar-refractivity contribution in [3.8, 4) is 0 Å². The number of rotatable bonds is 1. The fourth-order valence-corrected chi connectivity index (χ4v) is 4.82. The van der Waals surface area contributed by atoms with Gasteiger partial charge in [-0.15, -0.1) is 15.7 Å². The summed E-state index contributed by atoms with van der Waals surface area (Å²) in [5.74, 6) is 0.369. The highest BCUT2D eigenvalue weighted by Crippen LogP contribution is 2.39. The minimum absolute atomic E-state index is 0.337. The zero-order valence-corrected chi connectivity index (χ0v) is 11.9. The van der Waals surface area contributed by atoms with E-state index in [2.05, 4.69) is 15.0 Å². The lowest BCUT2D eigenvalue weighted by Crippen LogP contribution is -2.44. The molecule has 1 fully saturated rings. The predicted octanol–water partition coefficient (Wildman–Crippen LogP) is 1.98. The van der Waals surface area contributed by atoms with Crippen LogP contribution in [-0.4, -0.2) is 20.4 Å². The van der Waals surface area contributed by atoms with Crippen molar-refractivity contribution in [2.24, 2.45) is 4.40 Å². The highest BCUT2D eigenvalue weighted by Gasteiger charge is 2.31. The van der Waals surface area contributed by atoms with E-state index in [4.69, 9.17) is 0 Å². The van der Waals surface area contributed by atoms with E-state index in [9.17, 15) is 8.42 Å². The Morgan fingerprint density at radius 2 is 2.11 bits per heavy atom. The largest absolute Gasteiger partial charge is 0.352 e. The van der Waals surface area contributed by atoms with Gasteiger partial charge < -0.3 is 10.6 Å². The quantitative estimate of drug-likeness (QED) is 0.827. The van der Waals surface area contributed by atoms with Crippen LogP contribution in [0.5, 0.6) is 0 Å². The van der Waals surface area contributed by atoms with Gasteiger partial charge in [0.25, 0.3) is 10.0 Å². The van der Waals surface area contributed by atoms with Gasteiger partial charge in [0.2, 0.25) is 5.96 Å². The number of sulfonamides is 1. The van der Waals surface area contributed by atoms with Crippen LogP contribution >= 0.6 is 11.3 Å². The van der Waals surface area contributed by atoms with Gasteiger partial charge in [0, 0.05) is 10.9 Å². The molecule has 5 nitrogen and oxygen atoms in total. The topological polar surface area (TPSA) is 70.6 Å². The fourth-order valence-electron chi connectivity index (χ4n) is 2.10. The monoisotopic (exact) mass is 285 g/mol. The maximum Gasteiger partial charge on any atom is 0.288 e. The second-order valence-electron chi connectivity index (χ2n) is 4.75. The molecule has 1 aliphatic carbocycles. The number of aryl methyl sites for hydroxylation is 1. The van der Waals surface area contributed by atoms with Crippen LogP contribution in [0, 0.1) is 13.8 Å². The van der Waals surface area contributed by atoms with Crippen molar-refractivity contribution in [2.45, 2.75) is 44.0 Å². The second kappa shape index (κ2) is 3.96. The molecule has 2 aliphatic rings. The van der Waals surface area contributed by atoms with E-state index in [1.165, 1.54) is 17.8 Å². The molecule has 2 N–H and O–H groups in total. The van der Waals surface area contributed by atoms with E-state index < -0.39 is 10.0 Å². The summed E-state index contributed by atoms with van der Waals surface area (Å²) < 4.78 is 28.1. The van der Waals surface area contributed by atoms with Gasteiger partial charge in [-0.2, -0.15) is 8.42 Å². The molecular formula is C11H15N3O2S2. The number of nitrogens with one attached hydrogen (secondary N) is 2. The molecule has 0 bridgehead atoms. The lowest BCUT2D eigenvalue weighted by Gasteiger charge is -2.29. The molecule has 0 amide bonds. The first-order chi connectivity index (χ1) is 8.47. The third-order valence-corrected chi connectivity index (χ3v) is 6.18. The third kappa shape index (κ3) is 1.81. The van der Waals surface area contributed by atoms with Gasteiger partial charge >= 0.3 is 0 Å². The van der Waals surface area contributed by atoms with Crippen molar-refractivity contribution < 1.29 is 8.42 Å². The van der Waals surface area contributed by atoms with Crippen molar-refractivity contribution >= 4 is 32.3 Å². The third-order valence-electron chi connectivity index (χ3n) is 3.48. The molecule has 0 radical (unpaired) electrons. The lowest BCUT2D eigenvalue weighted by molar-refractivity contribution is 0.383. The molecule has 0 saturated heterocycles. The summed E-state index contributed by atoms with van der Waals surface area (Å²) in [5.41, 5.74) is 0.800. The molecule has 1 saturated carbocycles. The van der Waals surface area contributed by atoms with E-state index in [0.29, 0.717) is 21.9 Å². The first-order valence-electron chi connectivity index (χ1n) is 5.96. The summed E-state index contributed by atoms with van der Waals surface area (Å²) in [5, 5.41) is 6.92. The summed E-state index contributed by atoms with van der Waals surface area (Å²) >= 11 is 1.46. The van der Waals surface area contributed by atoms with E-state index in [1.54, 1.807) is 0 Å². The normalized spacial score (nSPS) is 21.6. The molecule has 18 heavy (non-hydrogen) atoms. The highest BCUT2D eigenvalue weighted by atomic mass is 32.2. The Morgan fingerprint density at radius 1 is 1.39 bits per heavy atom. The zero-order valence-electron chi connectivity index (χ0n) is 10.3. The van der Waals surface area contributed by atoms with Crippen LogP contribution in [0.15, 0.2) is 9.29 Å². The van der Waals surface area contributed by atoms with Crippen LogP contribution in [0.4, 0.5) is 5.00 Å². The molecule has 0 atom stereocenters. The van der Waals surface area contributed by atoms with Gasteiger partial charge in [0.1, 0.15) is 9.90 Å². The fraction of sp³-hybridized carbons (Fsp3) is 0.545. The molecule has 0 unspecified atom stereocenters. The Kier molecular flexibility index (Phi) is 2.63. The van der Waals surface area contributed by atoms with Crippen LogP contribution < -0.4 is 10.6 Å². The van der Waals surface area contributed by atoms with Gasteiger partial charge in [-0.1, -0.05) is 0 Å². The lowest BCUT2D eigenvalue weighted by atomic mass is 9.93. The summed E-state index contributed by atoms with van der Waals surface area (Å²) in [6, 6.07) is 0.357. The van der Waals surface area contributed by atoms with Gasteiger partial charge in [0.15, 0.2) is 0 Å². The van der Waals surface area contributed by atoms with E-state index in [0.717, 1.165) is 23.3 Å². The molecule has 0 aromatic carbocycles. The van der Waals surface area contributed by atoms with Crippen molar-refractivity contribution in [3.05, 3.63) is 10.4 Å². The predicted molar refractivity (Wildman–Crippen MR) is 72.8 cm³/mol. The molecule has 7 heteroatoms. The number of thiophene rings is 1. The van der Waals surface area contributed by atoms with Crippen molar-refractivity contribution in [2.75, 3.05) is 5.32 Å². The van der Waals surface area contributed by atoms with Crippen LogP contribution in [0.2, 0.25) is 0 Å². The molecule has 98 valence electrons. The van der Waals surface area contributed by atoms with Crippen molar-refractivity contribution in [3.63, 3.8) is 0 Å². The Morgan fingerprint density at radius 3 is 2.72 bits per heavy atom. The van der Waals surface area contributed by atoms with Gasteiger partial charge in [-0.25, -0.2) is 0 Å². The summed E-state index contributed by atoms with van der Waals surface area (Å²) in [6.45, 7) is 3.75. The van der Waals surface area contributed by atoms with Gasteiger partial charge in [0.05, 0.1) is 0 Å². The Balaban J connectivity index is 1.97. The molecule has 2 heterocycles. The van der Waals surface area contributed by atoms with Crippen LogP contribution in [0.1, 0.15) is 29.7 Å². The Bertz CT molecular complexity index is 627. The second-order valence-corrected chi connectivity index (χ2v) is 7.52. The number of guanidine groups is 1. The van der Waals surface area contributed by atoms with E-state index >= 15 is 0 Å². The van der Waals surface area contributed by atoms with Gasteiger partial charge in [-0.05, 0) is 38.7 Å². The first kappa shape index (κ1) is 12.0. The number of fused-ring (bicyclic) bond motifs is 1. The molecule has 1 aliphatic heterocycles. The maximum atomic E-state index is 12.1. The SMILES string of the molecule is Cc1sc2c(c1C)S(=O)(=O)N=C(NC1CCC1)N2. The van der Waals surface area contributed by atoms with Crippen LogP contribution in [-0.2, 0) is 10.0 Å². The number of nitrogens with zero attached hydrogens (tertiary/aromatic N) is 1. The number of hydrogen-bond donors (Lipinski definition) is 2. The standard InChI is InChI=1S/C11H15N3O2S2/c1-6-7(2)17-10-9(6)18(15,16)14-11(13-10)12-8-4-3-5-8/h8H,3-5H2,1-2H3,(H2,12,13,14). The minimum Gasteiger partial charge on any atom is -0.352 e. The average molecular weight is 285 g/mol. The Hall–Kier alpha value is -1.08. The highest BCUT2D eigenvalue weighted by molar-refractivity contribution is 7.90. The van der Waals surface area contributed by atoms with Crippen LogP contribution in [0.3, 0.4) is 0 Å². The number of hydrogen-bond acceptors (Lipinski definition) is 5. The molecular weight excluding hydrogens is 270 g/mol. The number of anilines is 1. The van der Waals surface area contributed by atoms with Crippen molar-refractivity contribution in [1.82, 2.24) is 5.32 Å².